The number of anilines is 1. The molecule has 0 saturated heterocycles. The molecule has 2 N–H and O–H groups in total. The van der Waals surface area contributed by atoms with Crippen molar-refractivity contribution in [2.45, 2.75) is 24.5 Å². The second-order valence-electron chi connectivity index (χ2n) is 8.04. The fourth-order valence-corrected chi connectivity index (χ4v) is 4.26. The first-order valence-electron chi connectivity index (χ1n) is 10.9. The molecule has 1 heterocycles. The molecule has 2 amide bonds. The molecule has 0 saturated carbocycles. The number of nitrogens with one attached hydrogen (secondary N) is 2. The topological polar surface area (TPSA) is 76.1 Å². The SMILES string of the molecule is O=C(Nc1nncs1)N[C@](Cc1ccccc1)(c1ccc(F)cc1)c1cc(F)cc(OC(F)(F)C(F)F)c1. The van der Waals surface area contributed by atoms with Crippen LogP contribution in [0.2, 0.25) is 0 Å². The summed E-state index contributed by atoms with van der Waals surface area (Å²) in [4.78, 5) is 13.1. The number of ether oxygens (including phenoxy) is 1. The van der Waals surface area contributed by atoms with E-state index in [-0.39, 0.29) is 22.7 Å². The molecule has 0 fully saturated rings. The number of carbonyl (C=O) groups is 1. The highest BCUT2D eigenvalue weighted by molar-refractivity contribution is 7.13. The Morgan fingerprint density at radius 1 is 0.947 bits per heavy atom. The monoisotopic (exact) mass is 552 g/mol. The normalized spacial score (nSPS) is 13.1. The maximum Gasteiger partial charge on any atom is 0.461 e. The van der Waals surface area contributed by atoms with Crippen molar-refractivity contribution in [3.8, 4) is 5.75 Å². The zero-order valence-electron chi connectivity index (χ0n) is 19.2. The van der Waals surface area contributed by atoms with E-state index in [1.165, 1.54) is 17.6 Å². The third-order valence-corrected chi connectivity index (χ3v) is 6.04. The van der Waals surface area contributed by atoms with Gasteiger partial charge in [-0.2, -0.15) is 17.6 Å². The number of nitrogens with zero attached hydrogens (tertiary/aromatic N) is 2. The van der Waals surface area contributed by atoms with Gasteiger partial charge >= 0.3 is 18.6 Å². The second-order valence-corrected chi connectivity index (χ2v) is 8.87. The minimum Gasteiger partial charge on any atom is -0.428 e. The van der Waals surface area contributed by atoms with Crippen molar-refractivity contribution >= 4 is 22.5 Å². The van der Waals surface area contributed by atoms with Crippen molar-refractivity contribution in [1.29, 1.82) is 0 Å². The van der Waals surface area contributed by atoms with Gasteiger partial charge in [-0.3, -0.25) is 5.32 Å². The maximum absolute atomic E-state index is 14.8. The van der Waals surface area contributed by atoms with Crippen molar-refractivity contribution in [3.05, 3.63) is 107 Å². The van der Waals surface area contributed by atoms with Crippen LogP contribution in [0, 0.1) is 11.6 Å². The van der Waals surface area contributed by atoms with Gasteiger partial charge < -0.3 is 10.1 Å². The van der Waals surface area contributed by atoms with Gasteiger partial charge in [0.15, 0.2) is 0 Å². The number of amides is 2. The lowest BCUT2D eigenvalue weighted by Crippen LogP contribution is -2.50. The number of rotatable bonds is 9. The van der Waals surface area contributed by atoms with Crippen LogP contribution in [0.4, 0.5) is 36.3 Å². The summed E-state index contributed by atoms with van der Waals surface area (Å²) in [5.74, 6) is -2.62. The van der Waals surface area contributed by atoms with Crippen molar-refractivity contribution in [2.75, 3.05) is 5.32 Å². The van der Waals surface area contributed by atoms with Gasteiger partial charge in [0.05, 0.1) is 5.54 Å². The first kappa shape index (κ1) is 26.9. The van der Waals surface area contributed by atoms with E-state index in [4.69, 9.17) is 0 Å². The summed E-state index contributed by atoms with van der Waals surface area (Å²) in [6.07, 6.45) is -9.18. The lowest BCUT2D eigenvalue weighted by molar-refractivity contribution is -0.253. The van der Waals surface area contributed by atoms with Crippen LogP contribution in [0.15, 0.2) is 78.3 Å². The van der Waals surface area contributed by atoms with Crippen LogP contribution in [0.25, 0.3) is 0 Å². The van der Waals surface area contributed by atoms with Crippen LogP contribution in [0.3, 0.4) is 0 Å². The fourth-order valence-electron chi connectivity index (χ4n) is 3.82. The summed E-state index contributed by atoms with van der Waals surface area (Å²) in [6, 6.07) is 14.9. The number of hydrogen-bond acceptors (Lipinski definition) is 5. The van der Waals surface area contributed by atoms with Crippen LogP contribution >= 0.6 is 11.3 Å². The molecule has 0 bridgehead atoms. The standard InChI is InChI=1S/C25H18F6N4O2S/c26-18-8-6-16(7-9-18)24(13-15-4-2-1-3-5-15,34-22(36)33-23-35-32-14-38-23)17-10-19(27)12-20(11-17)37-25(30,31)21(28)29/h1-12,14,21H,13H2,(H2,33,34,35,36)/t24-/m1/s1. The van der Waals surface area contributed by atoms with Gasteiger partial charge in [0, 0.05) is 12.5 Å². The smallest absolute Gasteiger partial charge is 0.428 e. The molecule has 0 spiro atoms. The van der Waals surface area contributed by atoms with Crippen molar-refractivity contribution in [3.63, 3.8) is 0 Å². The molecule has 0 unspecified atom stereocenters. The Bertz CT molecular complexity index is 1370. The third kappa shape index (κ3) is 6.22. The largest absolute Gasteiger partial charge is 0.461 e. The predicted octanol–water partition coefficient (Wildman–Crippen LogP) is 6.36. The molecule has 3 aromatic carbocycles. The minimum absolute atomic E-state index is 0.0862. The first-order chi connectivity index (χ1) is 18.1. The summed E-state index contributed by atoms with van der Waals surface area (Å²) >= 11 is 1.01. The Morgan fingerprint density at radius 2 is 1.66 bits per heavy atom. The number of carbonyl (C=O) groups excluding carboxylic acids is 1. The molecular weight excluding hydrogens is 534 g/mol. The van der Waals surface area contributed by atoms with Gasteiger partial charge in [0.2, 0.25) is 5.13 Å². The molecule has 1 atom stereocenters. The molecular formula is C25H18F6N4O2S. The number of aromatic nitrogens is 2. The van der Waals surface area contributed by atoms with Crippen molar-refractivity contribution in [2.24, 2.45) is 0 Å². The molecule has 4 rings (SSSR count). The van der Waals surface area contributed by atoms with Gasteiger partial charge in [0.1, 0.15) is 22.9 Å². The van der Waals surface area contributed by atoms with Gasteiger partial charge in [0.25, 0.3) is 0 Å². The zero-order valence-corrected chi connectivity index (χ0v) is 20.0. The van der Waals surface area contributed by atoms with E-state index >= 15 is 0 Å². The summed E-state index contributed by atoms with van der Waals surface area (Å²) in [7, 11) is 0. The third-order valence-electron chi connectivity index (χ3n) is 5.43. The Balaban J connectivity index is 1.89. The highest BCUT2D eigenvalue weighted by Crippen LogP contribution is 2.38. The molecule has 1 aromatic heterocycles. The Kier molecular flexibility index (Phi) is 7.86. The number of hydrogen-bond donors (Lipinski definition) is 2. The molecule has 4 aromatic rings. The van der Waals surface area contributed by atoms with E-state index in [0.717, 1.165) is 35.6 Å². The Hall–Kier alpha value is -4.13. The van der Waals surface area contributed by atoms with Crippen LogP contribution in [-0.4, -0.2) is 28.8 Å². The quantitative estimate of drug-likeness (QED) is 0.237. The average molecular weight is 553 g/mol. The highest BCUT2D eigenvalue weighted by Gasteiger charge is 2.45. The van der Waals surface area contributed by atoms with Gasteiger partial charge in [-0.15, -0.1) is 10.2 Å². The Morgan fingerprint density at radius 3 is 2.29 bits per heavy atom. The van der Waals surface area contributed by atoms with Crippen LogP contribution < -0.4 is 15.4 Å². The molecule has 13 heteroatoms. The average Bonchev–Trinajstić information content (AvgIpc) is 3.37. The van der Waals surface area contributed by atoms with Crippen molar-refractivity contribution < 1.29 is 35.9 Å². The number of benzene rings is 3. The minimum atomic E-state index is -4.91. The van der Waals surface area contributed by atoms with E-state index in [2.05, 4.69) is 25.6 Å². The van der Waals surface area contributed by atoms with Crippen molar-refractivity contribution in [1.82, 2.24) is 15.5 Å². The van der Waals surface area contributed by atoms with Crippen LogP contribution in [0.1, 0.15) is 16.7 Å². The van der Waals surface area contributed by atoms with E-state index in [0.29, 0.717) is 11.6 Å². The predicted molar refractivity (Wildman–Crippen MR) is 127 cm³/mol. The number of urea groups is 1. The molecule has 38 heavy (non-hydrogen) atoms. The molecule has 0 aliphatic carbocycles. The van der Waals surface area contributed by atoms with Crippen LogP contribution in [-0.2, 0) is 12.0 Å². The van der Waals surface area contributed by atoms with Crippen LogP contribution in [0.5, 0.6) is 5.75 Å². The lowest BCUT2D eigenvalue weighted by Gasteiger charge is -2.36. The fraction of sp³-hybridized carbons (Fsp3) is 0.160. The molecule has 6 nitrogen and oxygen atoms in total. The van der Waals surface area contributed by atoms with E-state index in [1.54, 1.807) is 30.3 Å². The number of alkyl halides is 4. The van der Waals surface area contributed by atoms with Gasteiger partial charge in [-0.25, -0.2) is 13.6 Å². The molecule has 198 valence electrons. The Labute approximate surface area is 216 Å². The summed E-state index contributed by atoms with van der Waals surface area (Å²) in [6.45, 7) is 0. The van der Waals surface area contributed by atoms with E-state index in [1.807, 2.05) is 0 Å². The summed E-state index contributed by atoms with van der Waals surface area (Å²) < 4.78 is 85.8. The first-order valence-corrected chi connectivity index (χ1v) is 11.8. The van der Waals surface area contributed by atoms with E-state index in [9.17, 15) is 31.1 Å². The molecule has 0 radical (unpaired) electrons. The number of halogens is 6. The van der Waals surface area contributed by atoms with Gasteiger partial charge in [-0.1, -0.05) is 53.8 Å². The molecule has 0 aliphatic heterocycles. The van der Waals surface area contributed by atoms with Gasteiger partial charge in [-0.05, 0) is 41.0 Å². The summed E-state index contributed by atoms with van der Waals surface area (Å²) in [5.41, 5.74) is 0.335. The molecule has 0 aliphatic rings. The lowest BCUT2D eigenvalue weighted by atomic mass is 9.77. The highest BCUT2D eigenvalue weighted by atomic mass is 32.1. The maximum atomic E-state index is 14.8. The second kappa shape index (κ2) is 11.1. The summed E-state index contributed by atoms with van der Waals surface area (Å²) in [5, 5.41) is 12.7. The van der Waals surface area contributed by atoms with E-state index < -0.39 is 41.5 Å². The zero-order chi connectivity index (χ0) is 27.3.